The van der Waals surface area contributed by atoms with Crippen molar-refractivity contribution in [2.24, 2.45) is 0 Å². The second-order valence-electron chi connectivity index (χ2n) is 2.25. The zero-order valence-electron chi connectivity index (χ0n) is 7.02. The Morgan fingerprint density at radius 3 is 3.00 bits per heavy atom. The second-order valence-corrected chi connectivity index (χ2v) is 2.25. The number of rotatable bonds is 3. The topological polar surface area (TPSA) is 107 Å². The maximum absolute atomic E-state index is 10.5. The first-order valence-corrected chi connectivity index (χ1v) is 3.66. The van der Waals surface area contributed by atoms with Gasteiger partial charge in [-0.25, -0.2) is 4.98 Å². The van der Waals surface area contributed by atoms with Crippen LogP contribution in [0.1, 0.15) is 6.92 Å². The standard InChI is InChI=1S/C6H9N5O2/c1-2-8-5-4(11(12)13)3-9-6(7)10-5/h3H,2H2,1H3,(H3,7,8,9,10). The van der Waals surface area contributed by atoms with Crippen molar-refractivity contribution < 1.29 is 4.92 Å². The number of nitrogens with zero attached hydrogens (tertiary/aromatic N) is 3. The van der Waals surface area contributed by atoms with Crippen LogP contribution in [0.2, 0.25) is 0 Å². The summed E-state index contributed by atoms with van der Waals surface area (Å²) in [4.78, 5) is 17.1. The van der Waals surface area contributed by atoms with Crippen LogP contribution in [0.3, 0.4) is 0 Å². The molecule has 13 heavy (non-hydrogen) atoms. The SMILES string of the molecule is CCNc1nc(N)ncc1[N+](=O)[O-]. The van der Waals surface area contributed by atoms with Crippen molar-refractivity contribution in [1.82, 2.24) is 9.97 Å². The molecular weight excluding hydrogens is 174 g/mol. The van der Waals surface area contributed by atoms with E-state index >= 15 is 0 Å². The second kappa shape index (κ2) is 3.65. The number of aromatic nitrogens is 2. The van der Waals surface area contributed by atoms with Crippen LogP contribution in [0.5, 0.6) is 0 Å². The quantitative estimate of drug-likeness (QED) is 0.518. The molecule has 70 valence electrons. The number of nitrogens with two attached hydrogens (primary N) is 1. The van der Waals surface area contributed by atoms with Crippen molar-refractivity contribution in [2.75, 3.05) is 17.6 Å². The van der Waals surface area contributed by atoms with Crippen LogP contribution in [0, 0.1) is 10.1 Å². The molecule has 0 aliphatic heterocycles. The third kappa shape index (κ3) is 2.01. The highest BCUT2D eigenvalue weighted by Gasteiger charge is 2.15. The molecule has 0 aliphatic carbocycles. The number of nitrogen functional groups attached to an aromatic ring is 1. The molecular formula is C6H9N5O2. The van der Waals surface area contributed by atoms with Gasteiger partial charge in [0.1, 0.15) is 6.20 Å². The van der Waals surface area contributed by atoms with Gasteiger partial charge in [0.25, 0.3) is 0 Å². The zero-order valence-corrected chi connectivity index (χ0v) is 7.02. The molecule has 1 rings (SSSR count). The van der Waals surface area contributed by atoms with Crippen molar-refractivity contribution >= 4 is 17.5 Å². The fraction of sp³-hybridized carbons (Fsp3) is 0.333. The Bertz CT molecular complexity index is 327. The molecule has 1 heterocycles. The molecule has 1 aromatic heterocycles. The van der Waals surface area contributed by atoms with Crippen LogP contribution in [-0.4, -0.2) is 21.4 Å². The van der Waals surface area contributed by atoms with E-state index in [1.807, 2.05) is 6.92 Å². The van der Waals surface area contributed by atoms with Gasteiger partial charge in [-0.3, -0.25) is 10.1 Å². The summed E-state index contributed by atoms with van der Waals surface area (Å²) in [6.07, 6.45) is 1.08. The first-order chi connectivity index (χ1) is 6.15. The summed E-state index contributed by atoms with van der Waals surface area (Å²) in [6.45, 7) is 2.35. The fourth-order valence-electron chi connectivity index (χ4n) is 0.820. The molecule has 0 saturated carbocycles. The molecule has 0 amide bonds. The summed E-state index contributed by atoms with van der Waals surface area (Å²) in [5.74, 6) is 0.168. The van der Waals surface area contributed by atoms with Crippen molar-refractivity contribution in [3.63, 3.8) is 0 Å². The highest BCUT2D eigenvalue weighted by molar-refractivity contribution is 5.56. The number of hydrogen-bond donors (Lipinski definition) is 2. The van der Waals surface area contributed by atoms with Crippen LogP contribution in [0.15, 0.2) is 6.20 Å². The average Bonchev–Trinajstić information content (AvgIpc) is 2.04. The van der Waals surface area contributed by atoms with Crippen LogP contribution in [-0.2, 0) is 0 Å². The molecule has 1 aromatic rings. The summed E-state index contributed by atoms with van der Waals surface area (Å²) in [5.41, 5.74) is 5.10. The third-order valence-electron chi connectivity index (χ3n) is 1.33. The van der Waals surface area contributed by atoms with Gasteiger partial charge in [0, 0.05) is 6.54 Å². The van der Waals surface area contributed by atoms with Gasteiger partial charge in [0.2, 0.25) is 11.8 Å². The summed E-state index contributed by atoms with van der Waals surface area (Å²) in [7, 11) is 0. The first kappa shape index (κ1) is 9.17. The Kier molecular flexibility index (Phi) is 2.58. The number of anilines is 2. The van der Waals surface area contributed by atoms with Gasteiger partial charge in [-0.05, 0) is 6.92 Å². The highest BCUT2D eigenvalue weighted by Crippen LogP contribution is 2.20. The smallest absolute Gasteiger partial charge is 0.329 e. The molecule has 7 nitrogen and oxygen atoms in total. The molecule has 0 saturated heterocycles. The lowest BCUT2D eigenvalue weighted by Crippen LogP contribution is -2.06. The van der Waals surface area contributed by atoms with Crippen LogP contribution >= 0.6 is 0 Å². The Morgan fingerprint density at radius 2 is 2.46 bits per heavy atom. The predicted molar refractivity (Wildman–Crippen MR) is 47.3 cm³/mol. The van der Waals surface area contributed by atoms with Crippen molar-refractivity contribution in [3.05, 3.63) is 16.3 Å². The zero-order chi connectivity index (χ0) is 9.84. The van der Waals surface area contributed by atoms with Crippen LogP contribution < -0.4 is 11.1 Å². The Morgan fingerprint density at radius 1 is 1.77 bits per heavy atom. The van der Waals surface area contributed by atoms with E-state index < -0.39 is 4.92 Å². The summed E-state index contributed by atoms with van der Waals surface area (Å²) in [6, 6.07) is 0. The van der Waals surface area contributed by atoms with Crippen molar-refractivity contribution in [2.45, 2.75) is 6.92 Å². The largest absolute Gasteiger partial charge is 0.368 e. The number of hydrogen-bond acceptors (Lipinski definition) is 6. The van der Waals surface area contributed by atoms with E-state index in [4.69, 9.17) is 5.73 Å². The van der Waals surface area contributed by atoms with Crippen molar-refractivity contribution in [3.8, 4) is 0 Å². The molecule has 0 aromatic carbocycles. The summed E-state index contributed by atoms with van der Waals surface area (Å²) < 4.78 is 0. The molecule has 0 fully saturated rings. The minimum atomic E-state index is -0.558. The van der Waals surface area contributed by atoms with Crippen molar-refractivity contribution in [1.29, 1.82) is 0 Å². The van der Waals surface area contributed by atoms with Gasteiger partial charge in [-0.1, -0.05) is 0 Å². The number of nitrogens with one attached hydrogen (secondary N) is 1. The molecule has 7 heteroatoms. The molecule has 0 radical (unpaired) electrons. The van der Waals surface area contributed by atoms with E-state index in [0.29, 0.717) is 6.54 Å². The van der Waals surface area contributed by atoms with E-state index in [0.717, 1.165) is 6.20 Å². The average molecular weight is 183 g/mol. The van der Waals surface area contributed by atoms with E-state index in [1.165, 1.54) is 0 Å². The lowest BCUT2D eigenvalue weighted by molar-refractivity contribution is -0.384. The van der Waals surface area contributed by atoms with Crippen LogP contribution in [0.25, 0.3) is 0 Å². The van der Waals surface area contributed by atoms with Crippen LogP contribution in [0.4, 0.5) is 17.5 Å². The normalized spacial score (nSPS) is 9.62. The van der Waals surface area contributed by atoms with E-state index in [9.17, 15) is 10.1 Å². The minimum Gasteiger partial charge on any atom is -0.368 e. The van der Waals surface area contributed by atoms with E-state index in [2.05, 4.69) is 15.3 Å². The molecule has 0 atom stereocenters. The van der Waals surface area contributed by atoms with E-state index in [1.54, 1.807) is 0 Å². The third-order valence-corrected chi connectivity index (χ3v) is 1.33. The fourth-order valence-corrected chi connectivity index (χ4v) is 0.820. The lowest BCUT2D eigenvalue weighted by atomic mass is 10.5. The first-order valence-electron chi connectivity index (χ1n) is 3.66. The minimum absolute atomic E-state index is 0.0153. The Labute approximate surface area is 74.1 Å². The van der Waals surface area contributed by atoms with Gasteiger partial charge in [0.05, 0.1) is 4.92 Å². The van der Waals surface area contributed by atoms with E-state index in [-0.39, 0.29) is 17.5 Å². The lowest BCUT2D eigenvalue weighted by Gasteiger charge is -2.02. The van der Waals surface area contributed by atoms with Gasteiger partial charge in [-0.2, -0.15) is 4.98 Å². The van der Waals surface area contributed by atoms with Gasteiger partial charge >= 0.3 is 5.69 Å². The molecule has 0 unspecified atom stereocenters. The highest BCUT2D eigenvalue weighted by atomic mass is 16.6. The molecule has 0 aliphatic rings. The molecule has 3 N–H and O–H groups in total. The van der Waals surface area contributed by atoms with Gasteiger partial charge < -0.3 is 11.1 Å². The Hall–Kier alpha value is -1.92. The maximum atomic E-state index is 10.5. The molecule has 0 bridgehead atoms. The summed E-state index contributed by atoms with van der Waals surface area (Å²) in [5, 5.41) is 13.2. The maximum Gasteiger partial charge on any atom is 0.329 e. The monoisotopic (exact) mass is 183 g/mol. The predicted octanol–water partition coefficient (Wildman–Crippen LogP) is 0.399. The number of nitro groups is 1. The van der Waals surface area contributed by atoms with Gasteiger partial charge in [-0.15, -0.1) is 0 Å². The van der Waals surface area contributed by atoms with Gasteiger partial charge in [0.15, 0.2) is 0 Å². The Balaban J connectivity index is 3.10. The summed E-state index contributed by atoms with van der Waals surface area (Å²) >= 11 is 0. The molecule has 0 spiro atoms.